The molecule has 0 aliphatic rings. The minimum absolute atomic E-state index is 0.0472. The fourth-order valence-corrected chi connectivity index (χ4v) is 1.89. The average molecular weight is 315 g/mol. The second-order valence-corrected chi connectivity index (χ2v) is 4.84. The van der Waals surface area contributed by atoms with Crippen molar-refractivity contribution < 1.29 is 19.4 Å². The molecule has 0 radical (unpaired) electrons. The number of aromatic carboxylic acids is 1. The number of benzene rings is 1. The second kappa shape index (κ2) is 9.20. The van der Waals surface area contributed by atoms with Gasteiger partial charge in [0.15, 0.2) is 0 Å². The molecule has 0 unspecified atom stereocenters. The maximum atomic E-state index is 11.6. The fourth-order valence-electron chi connectivity index (χ4n) is 1.69. The molecule has 0 aliphatic heterocycles. The summed E-state index contributed by atoms with van der Waals surface area (Å²) in [7, 11) is 1.66. The summed E-state index contributed by atoms with van der Waals surface area (Å²) in [6.45, 7) is 1.27. The van der Waals surface area contributed by atoms with Crippen molar-refractivity contribution in [1.82, 2.24) is 5.32 Å². The maximum absolute atomic E-state index is 11.6. The number of carbonyl (C=O) groups is 2. The SMILES string of the molecule is COCCCCCNC(=O)Nc1ccc(Cl)c(C(=O)O)c1. The van der Waals surface area contributed by atoms with Crippen molar-refractivity contribution in [2.45, 2.75) is 19.3 Å². The number of ether oxygens (including phenoxy) is 1. The smallest absolute Gasteiger partial charge is 0.337 e. The summed E-state index contributed by atoms with van der Waals surface area (Å²) in [5, 5.41) is 14.3. The van der Waals surface area contributed by atoms with Gasteiger partial charge in [-0.2, -0.15) is 0 Å². The number of halogens is 1. The summed E-state index contributed by atoms with van der Waals surface area (Å²) < 4.78 is 4.93. The van der Waals surface area contributed by atoms with Crippen molar-refractivity contribution in [2.75, 3.05) is 25.6 Å². The number of nitrogens with one attached hydrogen (secondary N) is 2. The van der Waals surface area contributed by atoms with Gasteiger partial charge in [0.1, 0.15) is 0 Å². The van der Waals surface area contributed by atoms with Crippen LogP contribution in [0.15, 0.2) is 18.2 Å². The quantitative estimate of drug-likeness (QED) is 0.644. The highest BCUT2D eigenvalue weighted by Crippen LogP contribution is 2.20. The number of hydrogen-bond donors (Lipinski definition) is 3. The van der Waals surface area contributed by atoms with Gasteiger partial charge < -0.3 is 20.5 Å². The second-order valence-electron chi connectivity index (χ2n) is 4.43. The maximum Gasteiger partial charge on any atom is 0.337 e. The minimum atomic E-state index is -1.14. The molecule has 1 rings (SSSR count). The third kappa shape index (κ3) is 6.46. The van der Waals surface area contributed by atoms with Gasteiger partial charge >= 0.3 is 12.0 Å². The normalized spacial score (nSPS) is 10.2. The number of anilines is 1. The van der Waals surface area contributed by atoms with E-state index in [2.05, 4.69) is 10.6 Å². The van der Waals surface area contributed by atoms with E-state index in [4.69, 9.17) is 21.4 Å². The average Bonchev–Trinajstić information content (AvgIpc) is 2.44. The van der Waals surface area contributed by atoms with E-state index in [-0.39, 0.29) is 16.6 Å². The number of methoxy groups -OCH3 is 1. The van der Waals surface area contributed by atoms with Gasteiger partial charge in [-0.25, -0.2) is 9.59 Å². The highest BCUT2D eigenvalue weighted by atomic mass is 35.5. The van der Waals surface area contributed by atoms with E-state index < -0.39 is 5.97 Å². The van der Waals surface area contributed by atoms with E-state index in [0.29, 0.717) is 12.2 Å². The standard InChI is InChI=1S/C14H19ClN2O4/c1-21-8-4-2-3-7-16-14(20)17-10-5-6-12(15)11(9-10)13(18)19/h5-6,9H,2-4,7-8H2,1H3,(H,18,19)(H2,16,17,20). The van der Waals surface area contributed by atoms with Gasteiger partial charge in [0.25, 0.3) is 0 Å². The van der Waals surface area contributed by atoms with E-state index in [0.717, 1.165) is 25.9 Å². The third-order valence-electron chi connectivity index (χ3n) is 2.77. The zero-order valence-corrected chi connectivity index (χ0v) is 12.6. The molecule has 116 valence electrons. The largest absolute Gasteiger partial charge is 0.478 e. The van der Waals surface area contributed by atoms with Crippen molar-refractivity contribution in [2.24, 2.45) is 0 Å². The molecule has 0 aromatic heterocycles. The van der Waals surface area contributed by atoms with Gasteiger partial charge in [-0.1, -0.05) is 11.6 Å². The van der Waals surface area contributed by atoms with Crippen LogP contribution in [0.25, 0.3) is 0 Å². The predicted octanol–water partition coefficient (Wildman–Crippen LogP) is 2.98. The Kier molecular flexibility index (Phi) is 7.56. The summed E-state index contributed by atoms with van der Waals surface area (Å²) in [6, 6.07) is 3.93. The topological polar surface area (TPSA) is 87.7 Å². The molecular formula is C14H19ClN2O4. The first kappa shape index (κ1) is 17.3. The van der Waals surface area contributed by atoms with Crippen LogP contribution in [0, 0.1) is 0 Å². The number of urea groups is 1. The molecule has 0 fully saturated rings. The van der Waals surface area contributed by atoms with E-state index in [1.807, 2.05) is 0 Å². The molecule has 21 heavy (non-hydrogen) atoms. The van der Waals surface area contributed by atoms with Crippen LogP contribution in [-0.4, -0.2) is 37.4 Å². The van der Waals surface area contributed by atoms with Gasteiger partial charge in [0.05, 0.1) is 10.6 Å². The lowest BCUT2D eigenvalue weighted by Crippen LogP contribution is -2.29. The van der Waals surface area contributed by atoms with Gasteiger partial charge in [-0.05, 0) is 37.5 Å². The number of carboxylic acid groups (broad SMARTS) is 1. The van der Waals surface area contributed by atoms with Crippen LogP contribution < -0.4 is 10.6 Å². The van der Waals surface area contributed by atoms with E-state index in [1.54, 1.807) is 13.2 Å². The lowest BCUT2D eigenvalue weighted by molar-refractivity contribution is 0.0697. The molecule has 1 aromatic carbocycles. The van der Waals surface area contributed by atoms with Gasteiger partial charge in [-0.15, -0.1) is 0 Å². The minimum Gasteiger partial charge on any atom is -0.478 e. The molecule has 2 amide bonds. The number of carbonyl (C=O) groups excluding carboxylic acids is 1. The predicted molar refractivity (Wildman–Crippen MR) is 81.2 cm³/mol. The van der Waals surface area contributed by atoms with Crippen molar-refractivity contribution in [3.63, 3.8) is 0 Å². The molecule has 0 aliphatic carbocycles. The Morgan fingerprint density at radius 1 is 1.29 bits per heavy atom. The van der Waals surface area contributed by atoms with Crippen LogP contribution in [0.4, 0.5) is 10.5 Å². The number of amides is 2. The van der Waals surface area contributed by atoms with Crippen LogP contribution in [0.3, 0.4) is 0 Å². The van der Waals surface area contributed by atoms with Crippen LogP contribution in [0.2, 0.25) is 5.02 Å². The molecule has 0 spiro atoms. The molecule has 0 bridgehead atoms. The number of rotatable bonds is 8. The van der Waals surface area contributed by atoms with Crippen LogP contribution in [0.5, 0.6) is 0 Å². The molecule has 0 saturated heterocycles. The highest BCUT2D eigenvalue weighted by Gasteiger charge is 2.10. The lowest BCUT2D eigenvalue weighted by atomic mass is 10.2. The molecule has 0 atom stereocenters. The first-order chi connectivity index (χ1) is 10.0. The Labute approximate surface area is 128 Å². The highest BCUT2D eigenvalue weighted by molar-refractivity contribution is 6.33. The molecule has 7 heteroatoms. The molecule has 0 saturated carbocycles. The summed E-state index contributed by atoms with van der Waals surface area (Å²) in [5.74, 6) is -1.14. The lowest BCUT2D eigenvalue weighted by Gasteiger charge is -2.09. The first-order valence-electron chi connectivity index (χ1n) is 6.61. The summed E-state index contributed by atoms with van der Waals surface area (Å²) in [6.07, 6.45) is 2.79. The first-order valence-corrected chi connectivity index (χ1v) is 6.99. The Balaban J connectivity index is 2.38. The molecule has 0 heterocycles. The Morgan fingerprint density at radius 2 is 2.05 bits per heavy atom. The van der Waals surface area contributed by atoms with Crippen molar-refractivity contribution in [3.8, 4) is 0 Å². The van der Waals surface area contributed by atoms with Crippen LogP contribution in [0.1, 0.15) is 29.6 Å². The Morgan fingerprint density at radius 3 is 2.71 bits per heavy atom. The molecule has 6 nitrogen and oxygen atoms in total. The van der Waals surface area contributed by atoms with E-state index >= 15 is 0 Å². The van der Waals surface area contributed by atoms with Crippen molar-refractivity contribution >= 4 is 29.3 Å². The van der Waals surface area contributed by atoms with Gasteiger partial charge in [0, 0.05) is 25.9 Å². The van der Waals surface area contributed by atoms with Crippen LogP contribution >= 0.6 is 11.6 Å². The van der Waals surface area contributed by atoms with Gasteiger partial charge in [0.2, 0.25) is 0 Å². The van der Waals surface area contributed by atoms with E-state index in [1.165, 1.54) is 12.1 Å². The van der Waals surface area contributed by atoms with Crippen molar-refractivity contribution in [1.29, 1.82) is 0 Å². The summed E-state index contributed by atoms with van der Waals surface area (Å²) in [4.78, 5) is 22.6. The van der Waals surface area contributed by atoms with Crippen LogP contribution in [-0.2, 0) is 4.74 Å². The Hall–Kier alpha value is -1.79. The zero-order chi connectivity index (χ0) is 15.7. The summed E-state index contributed by atoms with van der Waals surface area (Å²) in [5.41, 5.74) is 0.336. The fraction of sp³-hybridized carbons (Fsp3) is 0.429. The zero-order valence-electron chi connectivity index (χ0n) is 11.8. The number of carboxylic acids is 1. The van der Waals surface area contributed by atoms with E-state index in [9.17, 15) is 9.59 Å². The number of hydrogen-bond acceptors (Lipinski definition) is 3. The Bertz CT molecular complexity index is 494. The summed E-state index contributed by atoms with van der Waals surface area (Å²) >= 11 is 5.75. The molecule has 3 N–H and O–H groups in total. The monoisotopic (exact) mass is 314 g/mol. The molecule has 1 aromatic rings. The molecular weight excluding hydrogens is 296 g/mol. The third-order valence-corrected chi connectivity index (χ3v) is 3.10. The van der Waals surface area contributed by atoms with Crippen molar-refractivity contribution in [3.05, 3.63) is 28.8 Å². The van der Waals surface area contributed by atoms with Gasteiger partial charge in [-0.3, -0.25) is 0 Å². The number of unbranched alkanes of at least 4 members (excludes halogenated alkanes) is 2.